The minimum atomic E-state index is -0.377. The Kier molecular flexibility index (Phi) is 4.12. The van der Waals surface area contributed by atoms with Crippen molar-refractivity contribution < 1.29 is 9.53 Å². The van der Waals surface area contributed by atoms with E-state index in [1.807, 2.05) is 6.92 Å². The fourth-order valence-electron chi connectivity index (χ4n) is 1.68. The van der Waals surface area contributed by atoms with Gasteiger partial charge in [-0.1, -0.05) is 0 Å². The quantitative estimate of drug-likeness (QED) is 0.805. The lowest BCUT2D eigenvalue weighted by Gasteiger charge is -2.15. The maximum Gasteiger partial charge on any atom is 0.341 e. The molecular weight excluding hydrogens is 244 g/mol. The summed E-state index contributed by atoms with van der Waals surface area (Å²) < 4.78 is 5.00. The van der Waals surface area contributed by atoms with Crippen LogP contribution in [0.1, 0.15) is 35.8 Å². The number of hydrogen-bond donors (Lipinski definition) is 2. The molecule has 1 atom stereocenters. The first-order valence-electron chi connectivity index (χ1n) is 6.09. The van der Waals surface area contributed by atoms with Crippen molar-refractivity contribution >= 4 is 11.8 Å². The lowest BCUT2D eigenvalue weighted by molar-refractivity contribution is 0.0527. The van der Waals surface area contributed by atoms with Gasteiger partial charge in [0.05, 0.1) is 18.8 Å². The zero-order chi connectivity index (χ0) is 13.7. The highest BCUT2D eigenvalue weighted by molar-refractivity contribution is 5.94. The van der Waals surface area contributed by atoms with Gasteiger partial charge in [0.1, 0.15) is 11.4 Å². The van der Waals surface area contributed by atoms with E-state index in [0.29, 0.717) is 18.0 Å². The van der Waals surface area contributed by atoms with Crippen molar-refractivity contribution in [3.8, 4) is 0 Å². The molecule has 6 heteroatoms. The number of H-pyrrole nitrogens is 1. The van der Waals surface area contributed by atoms with Crippen molar-refractivity contribution in [2.24, 2.45) is 0 Å². The number of nitrogens with one attached hydrogen (secondary N) is 2. The molecule has 0 saturated heterocycles. The number of anilines is 1. The molecule has 0 amide bonds. The van der Waals surface area contributed by atoms with E-state index in [-0.39, 0.29) is 12.0 Å². The highest BCUT2D eigenvalue weighted by atomic mass is 16.5. The predicted octanol–water partition coefficient (Wildman–Crippen LogP) is 2.15. The predicted molar refractivity (Wildman–Crippen MR) is 70.8 cm³/mol. The fourth-order valence-corrected chi connectivity index (χ4v) is 1.68. The van der Waals surface area contributed by atoms with Crippen molar-refractivity contribution in [1.82, 2.24) is 15.2 Å². The third kappa shape index (κ3) is 3.09. The lowest BCUT2D eigenvalue weighted by Crippen LogP contribution is -2.13. The van der Waals surface area contributed by atoms with Crippen LogP contribution in [0.2, 0.25) is 0 Å². The van der Waals surface area contributed by atoms with E-state index in [1.54, 1.807) is 37.6 Å². The van der Waals surface area contributed by atoms with Crippen LogP contribution in [-0.2, 0) is 4.74 Å². The number of hydrogen-bond acceptors (Lipinski definition) is 5. The van der Waals surface area contributed by atoms with Crippen LogP contribution in [0.5, 0.6) is 0 Å². The molecule has 0 bridgehead atoms. The van der Waals surface area contributed by atoms with Gasteiger partial charge in [0.15, 0.2) is 0 Å². The Bertz CT molecular complexity index is 539. The van der Waals surface area contributed by atoms with Crippen molar-refractivity contribution in [3.05, 3.63) is 41.9 Å². The van der Waals surface area contributed by atoms with Gasteiger partial charge in [0.2, 0.25) is 0 Å². The van der Waals surface area contributed by atoms with Gasteiger partial charge in [-0.05, 0) is 26.0 Å². The Morgan fingerprint density at radius 2 is 2.42 bits per heavy atom. The number of nitrogens with zero attached hydrogens (tertiary/aromatic N) is 2. The molecule has 0 aromatic carbocycles. The molecule has 0 aliphatic carbocycles. The second-order valence-electron chi connectivity index (χ2n) is 4.02. The van der Waals surface area contributed by atoms with Crippen molar-refractivity contribution in [1.29, 1.82) is 0 Å². The largest absolute Gasteiger partial charge is 0.462 e. The first kappa shape index (κ1) is 13.1. The van der Waals surface area contributed by atoms with Gasteiger partial charge in [0, 0.05) is 18.0 Å². The summed E-state index contributed by atoms with van der Waals surface area (Å²) in [6.07, 6.45) is 5.16. The van der Waals surface area contributed by atoms with E-state index in [4.69, 9.17) is 4.74 Å². The molecule has 2 rings (SSSR count). The molecule has 0 aliphatic rings. The molecule has 2 aromatic heterocycles. The number of ether oxygens (including phenoxy) is 1. The van der Waals surface area contributed by atoms with Crippen molar-refractivity contribution in [2.75, 3.05) is 11.9 Å². The van der Waals surface area contributed by atoms with Crippen LogP contribution in [0.15, 0.2) is 30.7 Å². The van der Waals surface area contributed by atoms with E-state index >= 15 is 0 Å². The molecule has 2 heterocycles. The minimum Gasteiger partial charge on any atom is -0.462 e. The monoisotopic (exact) mass is 260 g/mol. The molecule has 0 fully saturated rings. The van der Waals surface area contributed by atoms with Gasteiger partial charge in [0.25, 0.3) is 0 Å². The molecule has 0 aliphatic heterocycles. The van der Waals surface area contributed by atoms with Gasteiger partial charge in [-0.25, -0.2) is 9.78 Å². The Hall–Kier alpha value is -2.37. The zero-order valence-electron chi connectivity index (χ0n) is 10.9. The van der Waals surface area contributed by atoms with Crippen LogP contribution < -0.4 is 5.32 Å². The molecule has 100 valence electrons. The smallest absolute Gasteiger partial charge is 0.341 e. The first-order chi connectivity index (χ1) is 9.22. The summed E-state index contributed by atoms with van der Waals surface area (Å²) in [5.74, 6) is 0.132. The molecule has 0 radical (unpaired) electrons. The fraction of sp³-hybridized carbons (Fsp3) is 0.308. The van der Waals surface area contributed by atoms with E-state index in [0.717, 1.165) is 5.56 Å². The first-order valence-corrected chi connectivity index (χ1v) is 6.09. The number of pyridine rings is 1. The molecule has 0 spiro atoms. The number of esters is 1. The molecule has 6 nitrogen and oxygen atoms in total. The van der Waals surface area contributed by atoms with Crippen LogP contribution in [0.25, 0.3) is 0 Å². The summed E-state index contributed by atoms with van der Waals surface area (Å²) >= 11 is 0. The Morgan fingerprint density at radius 1 is 1.58 bits per heavy atom. The van der Waals surface area contributed by atoms with Gasteiger partial charge in [-0.15, -0.1) is 0 Å². The second kappa shape index (κ2) is 5.99. The third-order valence-electron chi connectivity index (χ3n) is 2.68. The Labute approximate surface area is 111 Å². The third-order valence-corrected chi connectivity index (χ3v) is 2.68. The summed E-state index contributed by atoms with van der Waals surface area (Å²) in [5.41, 5.74) is 1.42. The summed E-state index contributed by atoms with van der Waals surface area (Å²) in [5, 5.41) is 9.83. The van der Waals surface area contributed by atoms with Gasteiger partial charge >= 0.3 is 5.97 Å². The summed E-state index contributed by atoms with van der Waals surface area (Å²) in [6.45, 7) is 4.08. The van der Waals surface area contributed by atoms with Crippen LogP contribution in [0.3, 0.4) is 0 Å². The van der Waals surface area contributed by atoms with E-state index < -0.39 is 0 Å². The number of rotatable bonds is 5. The van der Waals surface area contributed by atoms with E-state index in [2.05, 4.69) is 20.5 Å². The highest BCUT2D eigenvalue weighted by Crippen LogP contribution is 2.20. The van der Waals surface area contributed by atoms with Gasteiger partial charge in [-0.2, -0.15) is 5.10 Å². The molecular formula is C13H16N4O2. The summed E-state index contributed by atoms with van der Waals surface area (Å²) in [6, 6.07) is 3.39. The highest BCUT2D eigenvalue weighted by Gasteiger charge is 2.15. The average Bonchev–Trinajstić information content (AvgIpc) is 2.93. The Morgan fingerprint density at radius 3 is 3.11 bits per heavy atom. The van der Waals surface area contributed by atoms with E-state index in [9.17, 15) is 4.79 Å². The zero-order valence-corrected chi connectivity index (χ0v) is 10.9. The number of aromatic nitrogens is 3. The van der Waals surface area contributed by atoms with E-state index in [1.165, 1.54) is 0 Å². The van der Waals surface area contributed by atoms with Crippen LogP contribution in [0, 0.1) is 0 Å². The maximum atomic E-state index is 11.8. The molecule has 19 heavy (non-hydrogen) atoms. The standard InChI is InChI=1S/C13H16N4O2/c1-3-19-13(18)11-5-4-6-14-12(11)17-9(2)10-7-15-16-8-10/h4-9H,3H2,1-2H3,(H,14,17)(H,15,16). The number of aromatic amines is 1. The second-order valence-corrected chi connectivity index (χ2v) is 4.02. The average molecular weight is 260 g/mol. The topological polar surface area (TPSA) is 79.9 Å². The van der Waals surface area contributed by atoms with Crippen LogP contribution in [0.4, 0.5) is 5.82 Å². The number of carbonyl (C=O) groups is 1. The summed E-state index contributed by atoms with van der Waals surface area (Å²) in [7, 11) is 0. The SMILES string of the molecule is CCOC(=O)c1cccnc1NC(C)c1cn[nH]c1. The molecule has 1 unspecified atom stereocenters. The minimum absolute atomic E-state index is 0.0122. The molecule has 0 saturated carbocycles. The molecule has 2 aromatic rings. The van der Waals surface area contributed by atoms with Gasteiger partial charge < -0.3 is 10.1 Å². The Balaban J connectivity index is 2.18. The van der Waals surface area contributed by atoms with Gasteiger partial charge in [-0.3, -0.25) is 5.10 Å². The number of carbonyl (C=O) groups excluding carboxylic acids is 1. The summed E-state index contributed by atoms with van der Waals surface area (Å²) in [4.78, 5) is 16.0. The molecule has 2 N–H and O–H groups in total. The van der Waals surface area contributed by atoms with Crippen molar-refractivity contribution in [3.63, 3.8) is 0 Å². The van der Waals surface area contributed by atoms with Crippen LogP contribution in [-0.4, -0.2) is 27.8 Å². The maximum absolute atomic E-state index is 11.8. The normalized spacial score (nSPS) is 11.9. The van der Waals surface area contributed by atoms with Crippen LogP contribution >= 0.6 is 0 Å². The van der Waals surface area contributed by atoms with Crippen molar-refractivity contribution in [2.45, 2.75) is 19.9 Å². The lowest BCUT2D eigenvalue weighted by atomic mass is 10.2.